The number of hydrogen-bond donors (Lipinski definition) is 1. The van der Waals surface area contributed by atoms with Crippen LogP contribution in [0.5, 0.6) is 0 Å². The molecule has 0 saturated carbocycles. The van der Waals surface area contributed by atoms with Gasteiger partial charge in [-0.25, -0.2) is 8.42 Å². The Labute approximate surface area is 214 Å². The van der Waals surface area contributed by atoms with Gasteiger partial charge >= 0.3 is 0 Å². The Morgan fingerprint density at radius 2 is 1.74 bits per heavy atom. The maximum Gasteiger partial charge on any atom is 0.242 e. The Hall–Kier alpha value is -2.58. The maximum atomic E-state index is 13.3. The van der Waals surface area contributed by atoms with Crippen molar-refractivity contribution in [1.82, 2.24) is 10.2 Å². The van der Waals surface area contributed by atoms with E-state index in [1.807, 2.05) is 51.1 Å². The molecule has 35 heavy (non-hydrogen) atoms. The lowest BCUT2D eigenvalue weighted by Crippen LogP contribution is -2.49. The van der Waals surface area contributed by atoms with E-state index >= 15 is 0 Å². The molecule has 0 aliphatic carbocycles. The molecule has 2 aromatic rings. The molecule has 0 fully saturated rings. The van der Waals surface area contributed by atoms with E-state index in [1.165, 1.54) is 4.31 Å². The van der Waals surface area contributed by atoms with Gasteiger partial charge in [0.15, 0.2) is 0 Å². The summed E-state index contributed by atoms with van der Waals surface area (Å²) in [7, 11) is -3.58. The SMILES string of the molecule is CCC(C)NC(=O)C(C)N(Cc1ccccc1)C(=O)CCCN(c1cc(Cl)ccc1C)S(C)(=O)=O. The lowest BCUT2D eigenvalue weighted by atomic mass is 10.1. The highest BCUT2D eigenvalue weighted by molar-refractivity contribution is 7.92. The third-order valence-corrected chi connectivity index (χ3v) is 7.37. The molecule has 2 aromatic carbocycles. The molecule has 7 nitrogen and oxygen atoms in total. The number of hydrogen-bond acceptors (Lipinski definition) is 4. The zero-order chi connectivity index (χ0) is 26.2. The minimum absolute atomic E-state index is 0.00267. The van der Waals surface area contributed by atoms with E-state index < -0.39 is 16.1 Å². The highest BCUT2D eigenvalue weighted by Crippen LogP contribution is 2.27. The van der Waals surface area contributed by atoms with Crippen LogP contribution in [-0.4, -0.2) is 50.0 Å². The number of nitrogens with one attached hydrogen (secondary N) is 1. The van der Waals surface area contributed by atoms with Gasteiger partial charge in [0.1, 0.15) is 6.04 Å². The van der Waals surface area contributed by atoms with Gasteiger partial charge < -0.3 is 10.2 Å². The molecule has 0 aliphatic rings. The monoisotopic (exact) mass is 521 g/mol. The van der Waals surface area contributed by atoms with Crippen molar-refractivity contribution in [1.29, 1.82) is 0 Å². The highest BCUT2D eigenvalue weighted by atomic mass is 35.5. The minimum atomic E-state index is -3.58. The first-order valence-electron chi connectivity index (χ1n) is 11.8. The molecule has 2 rings (SSSR count). The number of sulfonamides is 1. The van der Waals surface area contributed by atoms with Crippen molar-refractivity contribution in [3.8, 4) is 0 Å². The van der Waals surface area contributed by atoms with Crippen LogP contribution in [0, 0.1) is 6.92 Å². The molecule has 0 heterocycles. The lowest BCUT2D eigenvalue weighted by molar-refractivity contribution is -0.140. The van der Waals surface area contributed by atoms with E-state index in [1.54, 1.807) is 30.0 Å². The van der Waals surface area contributed by atoms with E-state index in [0.29, 0.717) is 17.1 Å². The zero-order valence-electron chi connectivity index (χ0n) is 21.1. The summed E-state index contributed by atoms with van der Waals surface area (Å²) >= 11 is 6.10. The van der Waals surface area contributed by atoms with Gasteiger partial charge in [0.2, 0.25) is 21.8 Å². The maximum absolute atomic E-state index is 13.3. The first kappa shape index (κ1) is 28.7. The molecular formula is C26H36ClN3O4S. The number of amides is 2. The van der Waals surface area contributed by atoms with Gasteiger partial charge in [-0.3, -0.25) is 13.9 Å². The number of nitrogens with zero attached hydrogens (tertiary/aromatic N) is 2. The number of carbonyl (C=O) groups excluding carboxylic acids is 2. The van der Waals surface area contributed by atoms with Gasteiger partial charge in [0, 0.05) is 30.6 Å². The van der Waals surface area contributed by atoms with Gasteiger partial charge in [0.25, 0.3) is 0 Å². The zero-order valence-corrected chi connectivity index (χ0v) is 22.7. The Morgan fingerprint density at radius 1 is 1.09 bits per heavy atom. The van der Waals surface area contributed by atoms with Gasteiger partial charge in [0.05, 0.1) is 11.9 Å². The molecule has 9 heteroatoms. The predicted molar refractivity (Wildman–Crippen MR) is 142 cm³/mol. The summed E-state index contributed by atoms with van der Waals surface area (Å²) in [6, 6.07) is 13.9. The third-order valence-electron chi connectivity index (χ3n) is 5.96. The van der Waals surface area contributed by atoms with Crippen molar-refractivity contribution >= 4 is 39.1 Å². The molecule has 0 spiro atoms. The summed E-state index contributed by atoms with van der Waals surface area (Å²) in [5.74, 6) is -0.423. The largest absolute Gasteiger partial charge is 0.352 e. The number of halogens is 1. The average molecular weight is 522 g/mol. The van der Waals surface area contributed by atoms with Crippen molar-refractivity contribution in [3.05, 3.63) is 64.7 Å². The third kappa shape index (κ3) is 8.54. The molecule has 0 radical (unpaired) electrons. The Kier molecular flexibility index (Phi) is 10.6. The Morgan fingerprint density at radius 3 is 2.34 bits per heavy atom. The van der Waals surface area contributed by atoms with Gasteiger partial charge in [-0.1, -0.05) is 54.9 Å². The van der Waals surface area contributed by atoms with Crippen LogP contribution in [0.3, 0.4) is 0 Å². The smallest absolute Gasteiger partial charge is 0.242 e. The molecule has 2 atom stereocenters. The van der Waals surface area contributed by atoms with E-state index in [0.717, 1.165) is 23.8 Å². The van der Waals surface area contributed by atoms with Crippen LogP contribution in [0.1, 0.15) is 51.2 Å². The van der Waals surface area contributed by atoms with Crippen LogP contribution in [0.15, 0.2) is 48.5 Å². The van der Waals surface area contributed by atoms with E-state index in [4.69, 9.17) is 11.6 Å². The van der Waals surface area contributed by atoms with Crippen LogP contribution in [0.2, 0.25) is 5.02 Å². The van der Waals surface area contributed by atoms with Crippen LogP contribution >= 0.6 is 11.6 Å². The van der Waals surface area contributed by atoms with Crippen LogP contribution in [-0.2, 0) is 26.2 Å². The van der Waals surface area contributed by atoms with Crippen molar-refractivity contribution in [2.45, 2.75) is 65.6 Å². The van der Waals surface area contributed by atoms with E-state index in [-0.39, 0.29) is 37.4 Å². The van der Waals surface area contributed by atoms with Crippen molar-refractivity contribution < 1.29 is 18.0 Å². The summed E-state index contributed by atoms with van der Waals surface area (Å²) < 4.78 is 26.3. The van der Waals surface area contributed by atoms with E-state index in [9.17, 15) is 18.0 Å². The molecule has 0 aromatic heterocycles. The summed E-state index contributed by atoms with van der Waals surface area (Å²) in [6.45, 7) is 7.85. The Bertz CT molecular complexity index is 1110. The number of rotatable bonds is 12. The number of aryl methyl sites for hydroxylation is 1. The number of carbonyl (C=O) groups is 2. The molecule has 0 bridgehead atoms. The second-order valence-electron chi connectivity index (χ2n) is 8.87. The summed E-state index contributed by atoms with van der Waals surface area (Å²) in [4.78, 5) is 27.7. The lowest BCUT2D eigenvalue weighted by Gasteiger charge is -2.30. The average Bonchev–Trinajstić information content (AvgIpc) is 2.81. The fourth-order valence-electron chi connectivity index (χ4n) is 3.66. The fourth-order valence-corrected chi connectivity index (χ4v) is 4.84. The van der Waals surface area contributed by atoms with Gasteiger partial charge in [-0.15, -0.1) is 0 Å². The van der Waals surface area contributed by atoms with Crippen LogP contribution in [0.25, 0.3) is 0 Å². The second-order valence-corrected chi connectivity index (χ2v) is 11.2. The molecule has 0 saturated heterocycles. The standard InChI is InChI=1S/C26H36ClN3O4S/c1-6-20(3)28-26(32)21(4)29(18-22-11-8-7-9-12-22)25(31)13-10-16-30(35(5,33)34)24-17-23(27)15-14-19(24)2/h7-9,11-12,14-15,17,20-21H,6,10,13,16,18H2,1-5H3,(H,28,32). The summed E-state index contributed by atoms with van der Waals surface area (Å²) in [5, 5.41) is 3.38. The Balaban J connectivity index is 2.18. The molecular weight excluding hydrogens is 486 g/mol. The number of benzene rings is 2. The minimum Gasteiger partial charge on any atom is -0.352 e. The quantitative estimate of drug-likeness (QED) is 0.444. The van der Waals surface area contributed by atoms with Crippen molar-refractivity contribution in [2.75, 3.05) is 17.1 Å². The van der Waals surface area contributed by atoms with Gasteiger partial charge in [-0.05, 0) is 56.9 Å². The summed E-state index contributed by atoms with van der Waals surface area (Å²) in [6.07, 6.45) is 2.32. The van der Waals surface area contributed by atoms with Gasteiger partial charge in [-0.2, -0.15) is 0 Å². The van der Waals surface area contributed by atoms with Crippen LogP contribution in [0.4, 0.5) is 5.69 Å². The summed E-state index contributed by atoms with van der Waals surface area (Å²) in [5.41, 5.74) is 2.18. The number of anilines is 1. The normalized spacial score (nSPS) is 13.1. The second kappa shape index (κ2) is 12.9. The predicted octanol–water partition coefficient (Wildman–Crippen LogP) is 4.53. The van der Waals surface area contributed by atoms with Crippen molar-refractivity contribution in [3.63, 3.8) is 0 Å². The molecule has 2 amide bonds. The van der Waals surface area contributed by atoms with E-state index in [2.05, 4.69) is 5.32 Å². The molecule has 1 N–H and O–H groups in total. The highest BCUT2D eigenvalue weighted by Gasteiger charge is 2.27. The topological polar surface area (TPSA) is 86.8 Å². The van der Waals surface area contributed by atoms with Crippen LogP contribution < -0.4 is 9.62 Å². The first-order chi connectivity index (χ1) is 16.4. The fraction of sp³-hybridized carbons (Fsp3) is 0.462. The van der Waals surface area contributed by atoms with Crippen molar-refractivity contribution in [2.24, 2.45) is 0 Å². The molecule has 192 valence electrons. The first-order valence-corrected chi connectivity index (χ1v) is 14.0. The molecule has 0 aliphatic heterocycles. The molecule has 2 unspecified atom stereocenters.